The molecule has 0 saturated carbocycles. The average molecular weight is 280 g/mol. The summed E-state index contributed by atoms with van der Waals surface area (Å²) in [6.45, 7) is 4.23. The van der Waals surface area contributed by atoms with E-state index in [-0.39, 0.29) is 17.6 Å². The number of hydrogen-bond acceptors (Lipinski definition) is 4. The van der Waals surface area contributed by atoms with Crippen LogP contribution in [0.15, 0.2) is 23.7 Å². The third-order valence-corrected chi connectivity index (χ3v) is 3.91. The summed E-state index contributed by atoms with van der Waals surface area (Å²) in [6, 6.07) is 4.68. The van der Waals surface area contributed by atoms with Crippen LogP contribution in [-0.4, -0.2) is 11.6 Å². The summed E-state index contributed by atoms with van der Waals surface area (Å²) in [6.07, 6.45) is 0.741. The molecule has 1 unspecified atom stereocenters. The van der Waals surface area contributed by atoms with Crippen molar-refractivity contribution >= 4 is 11.3 Å². The highest BCUT2D eigenvalue weighted by Gasteiger charge is 2.08. The fraction of sp³-hybridized carbons (Fsp3) is 0.357. The van der Waals surface area contributed by atoms with Crippen molar-refractivity contribution in [1.82, 2.24) is 4.98 Å². The van der Waals surface area contributed by atoms with Gasteiger partial charge in [-0.2, -0.15) is 0 Å². The zero-order valence-corrected chi connectivity index (χ0v) is 11.8. The quantitative estimate of drug-likeness (QED) is 0.914. The van der Waals surface area contributed by atoms with Gasteiger partial charge in [-0.25, -0.2) is 9.37 Å². The Balaban J connectivity index is 1.95. The molecule has 1 atom stereocenters. The first-order valence-electron chi connectivity index (χ1n) is 6.14. The van der Waals surface area contributed by atoms with Crippen LogP contribution in [0, 0.1) is 12.7 Å². The summed E-state index contributed by atoms with van der Waals surface area (Å²) in [5.74, 6) is -0.0950. The third kappa shape index (κ3) is 3.52. The monoisotopic (exact) mass is 280 g/mol. The fourth-order valence-electron chi connectivity index (χ4n) is 1.74. The summed E-state index contributed by atoms with van der Waals surface area (Å²) in [7, 11) is 0. The first-order valence-corrected chi connectivity index (χ1v) is 7.02. The zero-order chi connectivity index (χ0) is 13.8. The first kappa shape index (κ1) is 14.0. The van der Waals surface area contributed by atoms with Gasteiger partial charge in [0.2, 0.25) is 0 Å². The van der Waals surface area contributed by atoms with E-state index in [9.17, 15) is 4.39 Å². The fourth-order valence-corrected chi connectivity index (χ4v) is 2.50. The highest BCUT2D eigenvalue weighted by atomic mass is 32.1. The van der Waals surface area contributed by atoms with Gasteiger partial charge in [0.15, 0.2) is 11.6 Å². The maximum absolute atomic E-state index is 13.8. The van der Waals surface area contributed by atoms with Crippen molar-refractivity contribution in [2.45, 2.75) is 26.3 Å². The highest BCUT2D eigenvalue weighted by Crippen LogP contribution is 2.21. The maximum atomic E-state index is 13.8. The summed E-state index contributed by atoms with van der Waals surface area (Å²) in [5, 5.41) is 0. The van der Waals surface area contributed by atoms with Gasteiger partial charge in [0.1, 0.15) is 0 Å². The molecule has 3 nitrogen and oxygen atoms in total. The van der Waals surface area contributed by atoms with Crippen LogP contribution in [0.3, 0.4) is 0 Å². The van der Waals surface area contributed by atoms with E-state index in [1.807, 2.05) is 19.4 Å². The number of halogens is 1. The van der Waals surface area contributed by atoms with Gasteiger partial charge < -0.3 is 10.5 Å². The molecule has 0 aliphatic carbocycles. The lowest BCUT2D eigenvalue weighted by molar-refractivity contribution is 0.305. The van der Waals surface area contributed by atoms with Crippen molar-refractivity contribution in [1.29, 1.82) is 0 Å². The minimum Gasteiger partial charge on any atom is -0.490 e. The molecule has 1 aromatic heterocycles. The molecule has 0 bridgehead atoms. The van der Waals surface area contributed by atoms with Crippen molar-refractivity contribution in [2.75, 3.05) is 6.61 Å². The minimum atomic E-state index is -0.365. The number of rotatable bonds is 5. The van der Waals surface area contributed by atoms with Crippen LogP contribution >= 0.6 is 11.3 Å². The topological polar surface area (TPSA) is 48.1 Å². The van der Waals surface area contributed by atoms with Crippen molar-refractivity contribution in [2.24, 2.45) is 5.73 Å². The lowest BCUT2D eigenvalue weighted by atomic mass is 10.1. The summed E-state index contributed by atoms with van der Waals surface area (Å²) in [4.78, 5) is 5.34. The molecular weight excluding hydrogens is 263 g/mol. The van der Waals surface area contributed by atoms with Gasteiger partial charge in [0.05, 0.1) is 17.8 Å². The summed E-state index contributed by atoms with van der Waals surface area (Å²) < 4.78 is 19.2. The molecule has 0 aliphatic rings. The number of nitrogens with zero attached hydrogens (tertiary/aromatic N) is 1. The molecule has 5 heteroatoms. The Morgan fingerprint density at radius 2 is 2.26 bits per heavy atom. The zero-order valence-electron chi connectivity index (χ0n) is 11.0. The lowest BCUT2D eigenvalue weighted by Crippen LogP contribution is -2.07. The molecular formula is C14H17FN2OS. The van der Waals surface area contributed by atoms with E-state index in [0.717, 1.165) is 17.7 Å². The van der Waals surface area contributed by atoms with E-state index >= 15 is 0 Å². The van der Waals surface area contributed by atoms with Gasteiger partial charge in [-0.3, -0.25) is 0 Å². The van der Waals surface area contributed by atoms with Crippen molar-refractivity contribution < 1.29 is 9.13 Å². The first-order chi connectivity index (χ1) is 9.08. The van der Waals surface area contributed by atoms with Gasteiger partial charge in [0.25, 0.3) is 0 Å². The van der Waals surface area contributed by atoms with Crippen LogP contribution < -0.4 is 10.5 Å². The largest absolute Gasteiger partial charge is 0.490 e. The number of aryl methyl sites for hydroxylation is 1. The molecule has 1 aromatic carbocycles. The van der Waals surface area contributed by atoms with Crippen LogP contribution in [-0.2, 0) is 6.42 Å². The normalized spacial score (nSPS) is 12.4. The number of hydrogen-bond donors (Lipinski definition) is 1. The second-order valence-corrected chi connectivity index (χ2v) is 5.38. The molecule has 1 heterocycles. The Bertz CT molecular complexity index is 554. The van der Waals surface area contributed by atoms with E-state index in [4.69, 9.17) is 10.5 Å². The predicted molar refractivity (Wildman–Crippen MR) is 75.1 cm³/mol. The Hall–Kier alpha value is -1.46. The Labute approximate surface area is 116 Å². The van der Waals surface area contributed by atoms with E-state index in [1.54, 1.807) is 23.5 Å². The molecule has 0 amide bonds. The summed E-state index contributed by atoms with van der Waals surface area (Å²) >= 11 is 1.59. The molecule has 0 spiro atoms. The van der Waals surface area contributed by atoms with Crippen molar-refractivity contribution in [3.63, 3.8) is 0 Å². The molecule has 102 valence electrons. The SMILES string of the molecule is Cc1ncsc1CCOc1ccc(C(C)N)cc1F. The Morgan fingerprint density at radius 3 is 2.84 bits per heavy atom. The van der Waals surface area contributed by atoms with Crippen LogP contribution in [0.4, 0.5) is 4.39 Å². The van der Waals surface area contributed by atoms with Crippen LogP contribution in [0.5, 0.6) is 5.75 Å². The summed E-state index contributed by atoms with van der Waals surface area (Å²) in [5.41, 5.74) is 9.29. The third-order valence-electron chi connectivity index (χ3n) is 2.91. The second-order valence-electron chi connectivity index (χ2n) is 4.44. The van der Waals surface area contributed by atoms with Gasteiger partial charge in [-0.15, -0.1) is 11.3 Å². The van der Waals surface area contributed by atoms with Gasteiger partial charge >= 0.3 is 0 Å². The van der Waals surface area contributed by atoms with Crippen molar-refractivity contribution in [3.05, 3.63) is 45.7 Å². The smallest absolute Gasteiger partial charge is 0.165 e. The molecule has 2 rings (SSSR count). The Kier molecular flexibility index (Phi) is 4.50. The number of nitrogens with two attached hydrogens (primary N) is 1. The van der Waals surface area contributed by atoms with Crippen LogP contribution in [0.1, 0.15) is 29.1 Å². The van der Waals surface area contributed by atoms with Gasteiger partial charge in [-0.05, 0) is 31.5 Å². The molecule has 0 aliphatic heterocycles. The highest BCUT2D eigenvalue weighted by molar-refractivity contribution is 7.09. The minimum absolute atomic E-state index is 0.177. The molecule has 2 N–H and O–H groups in total. The van der Waals surface area contributed by atoms with Crippen LogP contribution in [0.25, 0.3) is 0 Å². The molecule has 19 heavy (non-hydrogen) atoms. The van der Waals surface area contributed by atoms with E-state index in [0.29, 0.717) is 6.61 Å². The van der Waals surface area contributed by atoms with E-state index < -0.39 is 0 Å². The van der Waals surface area contributed by atoms with E-state index in [2.05, 4.69) is 4.98 Å². The molecule has 0 radical (unpaired) electrons. The van der Waals surface area contributed by atoms with Crippen LogP contribution in [0.2, 0.25) is 0 Å². The van der Waals surface area contributed by atoms with Gasteiger partial charge in [-0.1, -0.05) is 6.07 Å². The number of aromatic nitrogens is 1. The second kappa shape index (κ2) is 6.12. The Morgan fingerprint density at radius 1 is 1.47 bits per heavy atom. The van der Waals surface area contributed by atoms with E-state index in [1.165, 1.54) is 10.9 Å². The standard InChI is InChI=1S/C14H17FN2OS/c1-9(16)11-3-4-13(12(15)7-11)18-6-5-14-10(2)17-8-19-14/h3-4,7-9H,5-6,16H2,1-2H3. The average Bonchev–Trinajstić information content (AvgIpc) is 2.77. The molecule has 0 saturated heterocycles. The van der Waals surface area contributed by atoms with Gasteiger partial charge in [0, 0.05) is 17.3 Å². The lowest BCUT2D eigenvalue weighted by Gasteiger charge is -2.10. The predicted octanol–water partition coefficient (Wildman–Crippen LogP) is 3.23. The maximum Gasteiger partial charge on any atom is 0.165 e. The number of thiazole rings is 1. The molecule has 0 fully saturated rings. The molecule has 2 aromatic rings. The van der Waals surface area contributed by atoms with Crippen molar-refractivity contribution in [3.8, 4) is 5.75 Å². The number of benzene rings is 1. The number of ether oxygens (including phenoxy) is 1.